The van der Waals surface area contributed by atoms with Crippen LogP contribution in [0.2, 0.25) is 0 Å². The van der Waals surface area contributed by atoms with Crippen molar-refractivity contribution in [1.82, 2.24) is 10.2 Å². The van der Waals surface area contributed by atoms with Gasteiger partial charge in [-0.15, -0.1) is 0 Å². The van der Waals surface area contributed by atoms with Crippen molar-refractivity contribution in [2.24, 2.45) is 11.8 Å². The van der Waals surface area contributed by atoms with Crippen molar-refractivity contribution in [2.75, 3.05) is 27.2 Å². The molecule has 0 aliphatic carbocycles. The molecule has 2 nitrogen and oxygen atoms in total. The maximum absolute atomic E-state index is 3.46. The average Bonchev–Trinajstić information content (AvgIpc) is 2.40. The van der Waals surface area contributed by atoms with Crippen LogP contribution in [0.1, 0.15) is 38.8 Å². The summed E-state index contributed by atoms with van der Waals surface area (Å²) in [6, 6.07) is 11.2. The van der Waals surface area contributed by atoms with E-state index in [1.165, 1.54) is 18.5 Å². The summed E-state index contributed by atoms with van der Waals surface area (Å²) in [4.78, 5) is 2.46. The molecule has 108 valence electrons. The van der Waals surface area contributed by atoms with Gasteiger partial charge in [0.2, 0.25) is 0 Å². The zero-order valence-electron chi connectivity index (χ0n) is 13.2. The van der Waals surface area contributed by atoms with Crippen LogP contribution in [0.25, 0.3) is 0 Å². The summed E-state index contributed by atoms with van der Waals surface area (Å²) >= 11 is 0. The van der Waals surface area contributed by atoms with Gasteiger partial charge in [0.15, 0.2) is 0 Å². The minimum Gasteiger partial charge on any atom is -0.313 e. The zero-order chi connectivity index (χ0) is 14.3. The zero-order valence-corrected chi connectivity index (χ0v) is 13.2. The minimum absolute atomic E-state index is 0.431. The fourth-order valence-corrected chi connectivity index (χ4v) is 2.77. The van der Waals surface area contributed by atoms with Gasteiger partial charge in [-0.25, -0.2) is 0 Å². The van der Waals surface area contributed by atoms with Crippen LogP contribution in [0.3, 0.4) is 0 Å². The number of hydrogen-bond donors (Lipinski definition) is 1. The van der Waals surface area contributed by atoms with Crippen molar-refractivity contribution in [2.45, 2.75) is 33.2 Å². The molecule has 0 bridgehead atoms. The van der Waals surface area contributed by atoms with E-state index in [0.29, 0.717) is 12.0 Å². The molecule has 0 heterocycles. The summed E-state index contributed by atoms with van der Waals surface area (Å²) in [5, 5.41) is 3.46. The molecule has 0 spiro atoms. The van der Waals surface area contributed by atoms with E-state index < -0.39 is 0 Å². The predicted molar refractivity (Wildman–Crippen MR) is 84.4 cm³/mol. The van der Waals surface area contributed by atoms with Crippen molar-refractivity contribution in [3.05, 3.63) is 35.9 Å². The van der Waals surface area contributed by atoms with Gasteiger partial charge in [0.1, 0.15) is 0 Å². The Balaban J connectivity index is 2.57. The lowest BCUT2D eigenvalue weighted by Gasteiger charge is -2.29. The average molecular weight is 262 g/mol. The van der Waals surface area contributed by atoms with Gasteiger partial charge in [-0.3, -0.25) is 0 Å². The second-order valence-electron chi connectivity index (χ2n) is 5.89. The third kappa shape index (κ3) is 5.33. The molecule has 3 atom stereocenters. The van der Waals surface area contributed by atoms with Crippen LogP contribution in [0.5, 0.6) is 0 Å². The van der Waals surface area contributed by atoms with Crippen LogP contribution in [0.4, 0.5) is 0 Å². The summed E-state index contributed by atoms with van der Waals surface area (Å²) in [6.07, 6.45) is 1.26. The molecule has 0 aromatic heterocycles. The van der Waals surface area contributed by atoms with E-state index in [1.54, 1.807) is 0 Å². The molecule has 1 aromatic carbocycles. The van der Waals surface area contributed by atoms with Gasteiger partial charge >= 0.3 is 0 Å². The van der Waals surface area contributed by atoms with Crippen molar-refractivity contribution < 1.29 is 0 Å². The summed E-state index contributed by atoms with van der Waals surface area (Å²) in [7, 11) is 4.29. The highest BCUT2D eigenvalue weighted by atomic mass is 15.1. The molecule has 1 rings (SSSR count). The largest absolute Gasteiger partial charge is 0.313 e. The second kappa shape index (κ2) is 8.34. The maximum Gasteiger partial charge on any atom is 0.0355 e. The van der Waals surface area contributed by atoms with E-state index in [2.05, 4.69) is 75.4 Å². The Morgan fingerprint density at radius 3 is 2.26 bits per heavy atom. The highest BCUT2D eigenvalue weighted by molar-refractivity contribution is 5.19. The second-order valence-corrected chi connectivity index (χ2v) is 5.89. The summed E-state index contributed by atoms with van der Waals surface area (Å²) < 4.78 is 0. The first-order valence-electron chi connectivity index (χ1n) is 7.49. The van der Waals surface area contributed by atoms with Crippen molar-refractivity contribution >= 4 is 0 Å². The van der Waals surface area contributed by atoms with E-state index in [9.17, 15) is 0 Å². The normalized spacial score (nSPS) is 16.3. The van der Waals surface area contributed by atoms with Gasteiger partial charge in [-0.05, 0) is 31.5 Å². The molecule has 0 aliphatic rings. The molecular weight excluding hydrogens is 232 g/mol. The number of nitrogens with zero attached hydrogens (tertiary/aromatic N) is 1. The Morgan fingerprint density at radius 1 is 1.11 bits per heavy atom. The lowest BCUT2D eigenvalue weighted by atomic mass is 9.94. The van der Waals surface area contributed by atoms with Gasteiger partial charge in [-0.1, -0.05) is 57.5 Å². The smallest absolute Gasteiger partial charge is 0.0355 e. The molecule has 1 aromatic rings. The maximum atomic E-state index is 3.46. The van der Waals surface area contributed by atoms with Crippen LogP contribution in [-0.4, -0.2) is 32.1 Å². The van der Waals surface area contributed by atoms with Gasteiger partial charge < -0.3 is 10.2 Å². The molecule has 0 amide bonds. The molecule has 0 saturated carbocycles. The number of hydrogen-bond acceptors (Lipinski definition) is 2. The molecule has 0 saturated heterocycles. The third-order valence-electron chi connectivity index (χ3n) is 3.96. The van der Waals surface area contributed by atoms with Crippen molar-refractivity contribution in [3.8, 4) is 0 Å². The van der Waals surface area contributed by atoms with Crippen LogP contribution in [-0.2, 0) is 0 Å². The SMILES string of the molecule is CCC(C)CN(C)CC(C)C(NC)c1ccccc1. The van der Waals surface area contributed by atoms with Gasteiger partial charge in [0, 0.05) is 19.1 Å². The fourth-order valence-electron chi connectivity index (χ4n) is 2.77. The van der Waals surface area contributed by atoms with Crippen molar-refractivity contribution in [3.63, 3.8) is 0 Å². The highest BCUT2D eigenvalue weighted by Gasteiger charge is 2.19. The lowest BCUT2D eigenvalue weighted by Crippen LogP contribution is -2.34. The Morgan fingerprint density at radius 2 is 1.74 bits per heavy atom. The van der Waals surface area contributed by atoms with Gasteiger partial charge in [0.25, 0.3) is 0 Å². The van der Waals surface area contributed by atoms with E-state index in [4.69, 9.17) is 0 Å². The Labute approximate surface area is 119 Å². The number of rotatable bonds is 8. The van der Waals surface area contributed by atoms with E-state index in [0.717, 1.165) is 12.5 Å². The molecule has 1 N–H and O–H groups in total. The van der Waals surface area contributed by atoms with Gasteiger partial charge in [0.05, 0.1) is 0 Å². The van der Waals surface area contributed by atoms with E-state index in [-0.39, 0.29) is 0 Å². The van der Waals surface area contributed by atoms with Crippen LogP contribution >= 0.6 is 0 Å². The summed E-state index contributed by atoms with van der Waals surface area (Å²) in [6.45, 7) is 9.24. The predicted octanol–water partition coefficient (Wildman–Crippen LogP) is 3.56. The van der Waals surface area contributed by atoms with Crippen LogP contribution in [0.15, 0.2) is 30.3 Å². The number of benzene rings is 1. The molecule has 0 fully saturated rings. The number of nitrogens with one attached hydrogen (secondary N) is 1. The van der Waals surface area contributed by atoms with Crippen LogP contribution in [0, 0.1) is 11.8 Å². The van der Waals surface area contributed by atoms with E-state index >= 15 is 0 Å². The first kappa shape index (κ1) is 16.2. The van der Waals surface area contributed by atoms with E-state index in [1.807, 2.05) is 0 Å². The lowest BCUT2D eigenvalue weighted by molar-refractivity contribution is 0.224. The molecule has 19 heavy (non-hydrogen) atoms. The summed E-state index contributed by atoms with van der Waals surface area (Å²) in [5.74, 6) is 1.38. The quantitative estimate of drug-likeness (QED) is 0.770. The molecule has 0 aliphatic heterocycles. The standard InChI is InChI=1S/C17H30N2/c1-6-14(2)12-19(5)13-15(3)17(18-4)16-10-8-7-9-11-16/h7-11,14-15,17-18H,6,12-13H2,1-5H3. The molecule has 3 unspecified atom stereocenters. The van der Waals surface area contributed by atoms with Crippen LogP contribution < -0.4 is 5.32 Å². The topological polar surface area (TPSA) is 15.3 Å². The Bertz CT molecular complexity index is 336. The highest BCUT2D eigenvalue weighted by Crippen LogP contribution is 2.22. The third-order valence-corrected chi connectivity index (χ3v) is 3.96. The molecule has 0 radical (unpaired) electrons. The Hall–Kier alpha value is -0.860. The monoisotopic (exact) mass is 262 g/mol. The summed E-state index contributed by atoms with van der Waals surface area (Å²) in [5.41, 5.74) is 1.38. The fraction of sp³-hybridized carbons (Fsp3) is 0.647. The minimum atomic E-state index is 0.431. The Kier molecular flexibility index (Phi) is 7.11. The van der Waals surface area contributed by atoms with Gasteiger partial charge in [-0.2, -0.15) is 0 Å². The van der Waals surface area contributed by atoms with Crippen molar-refractivity contribution in [1.29, 1.82) is 0 Å². The molecule has 2 heteroatoms. The molecular formula is C17H30N2. The first-order valence-corrected chi connectivity index (χ1v) is 7.49. The first-order chi connectivity index (χ1) is 9.08.